The van der Waals surface area contributed by atoms with E-state index in [2.05, 4.69) is 13.8 Å². The molecule has 3 aliphatic heterocycles. The summed E-state index contributed by atoms with van der Waals surface area (Å²) in [6.07, 6.45) is 1.74. The maximum atomic E-state index is 12.7. The molecule has 3 rings (SSSR count). The molecule has 0 aliphatic carbocycles. The zero-order valence-electron chi connectivity index (χ0n) is 15.5. The van der Waals surface area contributed by atoms with Crippen molar-refractivity contribution >= 4 is 12.0 Å². The van der Waals surface area contributed by atoms with Crippen molar-refractivity contribution in [1.82, 2.24) is 9.80 Å². The van der Waals surface area contributed by atoms with Gasteiger partial charge in [0.05, 0.1) is 6.61 Å². The van der Waals surface area contributed by atoms with E-state index < -0.39 is 11.3 Å². The van der Waals surface area contributed by atoms with Crippen LogP contribution in [0.4, 0.5) is 4.79 Å². The van der Waals surface area contributed by atoms with Gasteiger partial charge in [0.2, 0.25) is 5.91 Å². The summed E-state index contributed by atoms with van der Waals surface area (Å²) in [5.74, 6) is 0.620. The van der Waals surface area contributed by atoms with Gasteiger partial charge in [-0.2, -0.15) is 0 Å². The van der Waals surface area contributed by atoms with Gasteiger partial charge in [-0.25, -0.2) is 4.79 Å². The Bertz CT molecular complexity index is 528. The van der Waals surface area contributed by atoms with Crippen molar-refractivity contribution in [2.24, 2.45) is 11.8 Å². The largest absolute Gasteiger partial charge is 0.444 e. The van der Waals surface area contributed by atoms with Gasteiger partial charge in [0.1, 0.15) is 11.3 Å². The van der Waals surface area contributed by atoms with Crippen LogP contribution >= 0.6 is 0 Å². The van der Waals surface area contributed by atoms with Gasteiger partial charge >= 0.3 is 6.09 Å². The Labute approximate surface area is 144 Å². The van der Waals surface area contributed by atoms with Gasteiger partial charge in [-0.15, -0.1) is 0 Å². The molecule has 136 valence electrons. The van der Waals surface area contributed by atoms with Crippen LogP contribution in [0.1, 0.15) is 53.9 Å². The van der Waals surface area contributed by atoms with Crippen molar-refractivity contribution in [3.63, 3.8) is 0 Å². The second kappa shape index (κ2) is 5.90. The molecule has 0 radical (unpaired) electrons. The number of hydrogen-bond donors (Lipinski definition) is 0. The molecular formula is C18H30N2O4. The van der Waals surface area contributed by atoms with Gasteiger partial charge in [-0.05, 0) is 33.1 Å². The number of nitrogens with zero attached hydrogens (tertiary/aromatic N) is 2. The minimum absolute atomic E-state index is 0.0350. The van der Waals surface area contributed by atoms with E-state index in [0.717, 1.165) is 6.42 Å². The lowest BCUT2D eigenvalue weighted by Crippen LogP contribution is -2.65. The van der Waals surface area contributed by atoms with Crippen LogP contribution in [-0.4, -0.2) is 58.9 Å². The molecule has 0 aromatic rings. The van der Waals surface area contributed by atoms with Crippen LogP contribution in [0.15, 0.2) is 0 Å². The zero-order chi connectivity index (χ0) is 17.7. The minimum atomic E-state index is -0.511. The Morgan fingerprint density at radius 1 is 1.38 bits per heavy atom. The van der Waals surface area contributed by atoms with Crippen molar-refractivity contribution in [2.45, 2.75) is 71.2 Å². The highest BCUT2D eigenvalue weighted by atomic mass is 16.6. The molecule has 0 aromatic carbocycles. The van der Waals surface area contributed by atoms with Crippen LogP contribution in [-0.2, 0) is 14.3 Å². The molecular weight excluding hydrogens is 308 g/mol. The van der Waals surface area contributed by atoms with Gasteiger partial charge in [0.25, 0.3) is 0 Å². The normalized spacial score (nSPS) is 33.5. The monoisotopic (exact) mass is 338 g/mol. The Hall–Kier alpha value is -1.30. The number of likely N-dealkylation sites (tertiary alicyclic amines) is 1. The molecule has 3 fully saturated rings. The molecule has 2 amide bonds. The molecule has 3 atom stereocenters. The van der Waals surface area contributed by atoms with Gasteiger partial charge in [-0.1, -0.05) is 13.8 Å². The predicted molar refractivity (Wildman–Crippen MR) is 89.3 cm³/mol. The van der Waals surface area contributed by atoms with Crippen molar-refractivity contribution < 1.29 is 19.1 Å². The smallest absolute Gasteiger partial charge is 0.410 e. The quantitative estimate of drug-likeness (QED) is 0.737. The number of amides is 2. The van der Waals surface area contributed by atoms with Gasteiger partial charge in [0, 0.05) is 37.9 Å². The van der Waals surface area contributed by atoms with Crippen molar-refractivity contribution in [1.29, 1.82) is 0 Å². The van der Waals surface area contributed by atoms with Crippen LogP contribution in [0.3, 0.4) is 0 Å². The third-order valence-electron chi connectivity index (χ3n) is 5.43. The van der Waals surface area contributed by atoms with Crippen LogP contribution in [0.2, 0.25) is 0 Å². The van der Waals surface area contributed by atoms with E-state index in [9.17, 15) is 9.59 Å². The first-order valence-corrected chi connectivity index (χ1v) is 9.08. The Balaban J connectivity index is 1.77. The highest BCUT2D eigenvalue weighted by Gasteiger charge is 2.60. The molecule has 3 saturated heterocycles. The van der Waals surface area contributed by atoms with E-state index in [1.807, 2.05) is 25.7 Å². The molecule has 3 heterocycles. The molecule has 0 unspecified atom stereocenters. The van der Waals surface area contributed by atoms with Gasteiger partial charge in [0.15, 0.2) is 0 Å². The first kappa shape index (κ1) is 17.5. The van der Waals surface area contributed by atoms with Crippen molar-refractivity contribution in [3.05, 3.63) is 0 Å². The summed E-state index contributed by atoms with van der Waals surface area (Å²) in [5, 5.41) is 0. The van der Waals surface area contributed by atoms with E-state index in [0.29, 0.717) is 38.5 Å². The number of carbonyl (C=O) groups is 2. The van der Waals surface area contributed by atoms with E-state index in [-0.39, 0.29) is 24.0 Å². The summed E-state index contributed by atoms with van der Waals surface area (Å²) >= 11 is 0. The Morgan fingerprint density at radius 3 is 2.71 bits per heavy atom. The second-order valence-electron chi connectivity index (χ2n) is 8.63. The topological polar surface area (TPSA) is 59.1 Å². The summed E-state index contributed by atoms with van der Waals surface area (Å²) in [7, 11) is 0. The Morgan fingerprint density at radius 2 is 2.08 bits per heavy atom. The molecule has 0 bridgehead atoms. The van der Waals surface area contributed by atoms with Crippen LogP contribution in [0.25, 0.3) is 0 Å². The van der Waals surface area contributed by atoms with Crippen LogP contribution in [0, 0.1) is 11.8 Å². The van der Waals surface area contributed by atoms with Gasteiger partial charge < -0.3 is 19.3 Å². The van der Waals surface area contributed by atoms with E-state index in [1.165, 1.54) is 0 Å². The molecule has 6 heteroatoms. The maximum Gasteiger partial charge on any atom is 0.410 e. The summed E-state index contributed by atoms with van der Waals surface area (Å²) in [6.45, 7) is 11.7. The third kappa shape index (κ3) is 2.89. The summed E-state index contributed by atoms with van der Waals surface area (Å²) in [6, 6.07) is 0.240. The zero-order valence-corrected chi connectivity index (χ0v) is 15.5. The summed E-state index contributed by atoms with van der Waals surface area (Å²) in [4.78, 5) is 28.8. The lowest BCUT2D eigenvalue weighted by atomic mass is 9.85. The summed E-state index contributed by atoms with van der Waals surface area (Å²) in [5.41, 5.74) is -1.02. The number of carbonyl (C=O) groups excluding carboxylic acids is 2. The van der Waals surface area contributed by atoms with Crippen LogP contribution in [0.5, 0.6) is 0 Å². The fourth-order valence-corrected chi connectivity index (χ4v) is 4.40. The third-order valence-corrected chi connectivity index (χ3v) is 5.43. The SMILES string of the molecule is CC(C)[C@H]1CCO[C@]23CCN(C(=O)OC(C)(C)C)C[C@H]2CC(=O)N13. The molecule has 0 aromatic heterocycles. The van der Waals surface area contributed by atoms with Crippen molar-refractivity contribution in [3.8, 4) is 0 Å². The highest BCUT2D eigenvalue weighted by Crippen LogP contribution is 2.48. The lowest BCUT2D eigenvalue weighted by Gasteiger charge is -2.53. The summed E-state index contributed by atoms with van der Waals surface area (Å²) < 4.78 is 11.7. The fourth-order valence-electron chi connectivity index (χ4n) is 4.40. The molecule has 24 heavy (non-hydrogen) atoms. The molecule has 0 saturated carbocycles. The number of ether oxygens (including phenoxy) is 2. The average molecular weight is 338 g/mol. The van der Waals surface area contributed by atoms with E-state index >= 15 is 0 Å². The number of piperidine rings is 1. The van der Waals surface area contributed by atoms with Crippen molar-refractivity contribution in [2.75, 3.05) is 19.7 Å². The highest BCUT2D eigenvalue weighted by molar-refractivity contribution is 5.81. The van der Waals surface area contributed by atoms with Crippen LogP contribution < -0.4 is 0 Å². The maximum absolute atomic E-state index is 12.7. The first-order valence-electron chi connectivity index (χ1n) is 9.08. The molecule has 1 spiro atoms. The number of rotatable bonds is 1. The molecule has 6 nitrogen and oxygen atoms in total. The first-order chi connectivity index (χ1) is 11.1. The predicted octanol–water partition coefficient (Wildman–Crippen LogP) is 2.62. The standard InChI is InChI=1S/C18H30N2O4/c1-12(2)14-6-9-23-18-7-8-19(16(22)24-17(3,4)5)11-13(18)10-15(21)20(14)18/h12-14H,6-11H2,1-5H3/t13-,14-,18-/m1/s1. The minimum Gasteiger partial charge on any atom is -0.444 e. The Kier molecular flexibility index (Phi) is 4.31. The van der Waals surface area contributed by atoms with E-state index in [4.69, 9.17) is 9.47 Å². The van der Waals surface area contributed by atoms with Gasteiger partial charge in [-0.3, -0.25) is 4.79 Å². The molecule has 0 N–H and O–H groups in total. The fraction of sp³-hybridized carbons (Fsp3) is 0.889. The number of hydrogen-bond acceptors (Lipinski definition) is 4. The average Bonchev–Trinajstić information content (AvgIpc) is 2.76. The molecule has 3 aliphatic rings. The second-order valence-corrected chi connectivity index (χ2v) is 8.63. The van der Waals surface area contributed by atoms with E-state index in [1.54, 1.807) is 4.90 Å². The lowest BCUT2D eigenvalue weighted by molar-refractivity contribution is -0.228.